The predicted molar refractivity (Wildman–Crippen MR) is 108 cm³/mol. The predicted octanol–water partition coefficient (Wildman–Crippen LogP) is 3.86. The first kappa shape index (κ1) is 18.2. The van der Waals surface area contributed by atoms with Crippen molar-refractivity contribution >= 4 is 11.6 Å². The number of para-hydroxylation sites is 1. The third-order valence-corrected chi connectivity index (χ3v) is 5.55. The van der Waals surface area contributed by atoms with E-state index in [4.69, 9.17) is 4.74 Å². The maximum absolute atomic E-state index is 13.2. The average Bonchev–Trinajstić information content (AvgIpc) is 3.49. The molecule has 2 aromatic rings. The maximum Gasteiger partial charge on any atom is 0.259 e. The van der Waals surface area contributed by atoms with Gasteiger partial charge in [-0.2, -0.15) is 0 Å². The Morgan fingerprint density at radius 3 is 2.22 bits per heavy atom. The van der Waals surface area contributed by atoms with E-state index >= 15 is 0 Å². The van der Waals surface area contributed by atoms with E-state index in [9.17, 15) is 4.79 Å². The number of nitrogens with zero attached hydrogens (tertiary/aromatic N) is 2. The quantitative estimate of drug-likeness (QED) is 0.829. The lowest BCUT2D eigenvalue weighted by molar-refractivity contribution is -0.133. The van der Waals surface area contributed by atoms with Crippen LogP contribution in [0.1, 0.15) is 31.2 Å². The number of hydrogen-bond acceptors (Lipinski definition) is 3. The molecule has 0 unspecified atom stereocenters. The number of hydrogen-bond donors (Lipinski definition) is 0. The van der Waals surface area contributed by atoms with Gasteiger partial charge in [-0.05, 0) is 49.9 Å². The van der Waals surface area contributed by atoms with Crippen molar-refractivity contribution < 1.29 is 9.53 Å². The lowest BCUT2D eigenvalue weighted by atomic mass is 10.2. The first-order valence-electron chi connectivity index (χ1n) is 10.0. The molecule has 1 saturated heterocycles. The van der Waals surface area contributed by atoms with Crippen molar-refractivity contribution in [3.05, 3.63) is 66.2 Å². The molecule has 0 bridgehead atoms. The van der Waals surface area contributed by atoms with Gasteiger partial charge in [0.2, 0.25) is 0 Å². The van der Waals surface area contributed by atoms with Gasteiger partial charge in [0.05, 0.1) is 6.61 Å². The highest BCUT2D eigenvalue weighted by Crippen LogP contribution is 2.42. The Bertz CT molecular complexity index is 743. The fourth-order valence-electron chi connectivity index (χ4n) is 3.82. The molecule has 2 aromatic carbocycles. The number of ether oxygens (including phenoxy) is 1. The Balaban J connectivity index is 1.47. The minimum absolute atomic E-state index is 0.144. The molecule has 0 N–H and O–H groups in total. The molecule has 2 fully saturated rings. The van der Waals surface area contributed by atoms with Gasteiger partial charge in [-0.15, -0.1) is 0 Å². The lowest BCUT2D eigenvalue weighted by Crippen LogP contribution is -2.43. The summed E-state index contributed by atoms with van der Waals surface area (Å²) in [6.07, 6.45) is 3.76. The van der Waals surface area contributed by atoms with Gasteiger partial charge in [0.1, 0.15) is 5.60 Å². The number of carbonyl (C=O) groups excluding carboxylic acids is 1. The zero-order valence-electron chi connectivity index (χ0n) is 15.8. The topological polar surface area (TPSA) is 32.8 Å². The van der Waals surface area contributed by atoms with E-state index in [2.05, 4.69) is 35.2 Å². The summed E-state index contributed by atoms with van der Waals surface area (Å²) in [4.78, 5) is 17.6. The second kappa shape index (κ2) is 8.24. The summed E-state index contributed by atoms with van der Waals surface area (Å²) >= 11 is 0. The summed E-state index contributed by atoms with van der Waals surface area (Å²) in [6, 6.07) is 20.6. The van der Waals surface area contributed by atoms with Crippen molar-refractivity contribution in [1.82, 2.24) is 4.90 Å². The van der Waals surface area contributed by atoms with Crippen LogP contribution < -0.4 is 4.90 Å². The highest BCUT2D eigenvalue weighted by atomic mass is 16.5. The van der Waals surface area contributed by atoms with Crippen molar-refractivity contribution in [1.29, 1.82) is 0 Å². The highest BCUT2D eigenvalue weighted by Gasteiger charge is 2.53. The molecule has 1 amide bonds. The second-order valence-corrected chi connectivity index (χ2v) is 7.60. The molecule has 1 saturated carbocycles. The molecule has 0 atom stereocenters. The van der Waals surface area contributed by atoms with Crippen LogP contribution >= 0.6 is 0 Å². The third-order valence-electron chi connectivity index (χ3n) is 5.55. The molecule has 1 aliphatic carbocycles. The van der Waals surface area contributed by atoms with E-state index in [1.54, 1.807) is 0 Å². The van der Waals surface area contributed by atoms with Crippen LogP contribution in [0.25, 0.3) is 0 Å². The fraction of sp³-hybridized carbons (Fsp3) is 0.435. The average molecular weight is 364 g/mol. The van der Waals surface area contributed by atoms with E-state index < -0.39 is 5.60 Å². The van der Waals surface area contributed by atoms with Gasteiger partial charge in [0.25, 0.3) is 5.91 Å². The largest absolute Gasteiger partial charge is 0.364 e. The number of rotatable bonds is 3. The molecule has 1 heterocycles. The van der Waals surface area contributed by atoms with Crippen LogP contribution in [-0.4, -0.2) is 42.6 Å². The van der Waals surface area contributed by atoms with Crippen molar-refractivity contribution in [2.24, 2.45) is 0 Å². The summed E-state index contributed by atoms with van der Waals surface area (Å²) < 4.78 is 6.17. The second-order valence-electron chi connectivity index (χ2n) is 7.60. The standard InChI is InChI=1S/C23H28N2O2/c26-22-23(13-14-23)27-18-17-24(19-20-9-3-1-4-10-20)15-7-8-16-25(22)21-11-5-2-6-12-21/h1-6,9-12H,7-8,13-19H2. The molecular formula is C23H28N2O2. The van der Waals surface area contributed by atoms with Gasteiger partial charge in [-0.1, -0.05) is 48.5 Å². The third kappa shape index (κ3) is 4.40. The minimum atomic E-state index is -0.585. The van der Waals surface area contributed by atoms with E-state index in [-0.39, 0.29) is 5.91 Å². The van der Waals surface area contributed by atoms with Crippen LogP contribution in [0.15, 0.2) is 60.7 Å². The Hall–Kier alpha value is -2.17. The molecule has 2 aliphatic rings. The molecular weight excluding hydrogens is 336 g/mol. The van der Waals surface area contributed by atoms with Crippen LogP contribution in [-0.2, 0) is 16.1 Å². The molecule has 4 heteroatoms. The zero-order valence-corrected chi connectivity index (χ0v) is 15.8. The van der Waals surface area contributed by atoms with Gasteiger partial charge < -0.3 is 9.64 Å². The normalized spacial score (nSPS) is 21.0. The van der Waals surface area contributed by atoms with Crippen molar-refractivity contribution in [2.45, 2.75) is 37.8 Å². The smallest absolute Gasteiger partial charge is 0.259 e. The Kier molecular flexibility index (Phi) is 5.55. The van der Waals surface area contributed by atoms with E-state index in [0.717, 1.165) is 57.5 Å². The Labute approximate surface area is 161 Å². The lowest BCUT2D eigenvalue weighted by Gasteiger charge is -2.27. The SMILES string of the molecule is O=C1N(c2ccccc2)CCCCN(Cc2ccccc2)CCOC12CC2. The van der Waals surface area contributed by atoms with Crippen LogP contribution in [0, 0.1) is 0 Å². The van der Waals surface area contributed by atoms with Crippen LogP contribution in [0.3, 0.4) is 0 Å². The zero-order chi connectivity index (χ0) is 18.5. The van der Waals surface area contributed by atoms with Gasteiger partial charge in [0, 0.05) is 25.3 Å². The molecule has 0 radical (unpaired) electrons. The summed E-state index contributed by atoms with van der Waals surface area (Å²) in [5, 5.41) is 0. The van der Waals surface area contributed by atoms with Crippen molar-refractivity contribution in [2.75, 3.05) is 31.1 Å². The number of amides is 1. The fourth-order valence-corrected chi connectivity index (χ4v) is 3.82. The molecule has 4 rings (SSSR count). The van der Waals surface area contributed by atoms with Crippen LogP contribution in [0.2, 0.25) is 0 Å². The van der Waals surface area contributed by atoms with Gasteiger partial charge in [0.15, 0.2) is 0 Å². The summed E-state index contributed by atoms with van der Waals surface area (Å²) in [6.45, 7) is 4.21. The molecule has 1 aliphatic heterocycles. The number of carbonyl (C=O) groups is 1. The van der Waals surface area contributed by atoms with E-state index in [1.807, 2.05) is 35.2 Å². The van der Waals surface area contributed by atoms with Crippen molar-refractivity contribution in [3.8, 4) is 0 Å². The molecule has 0 aromatic heterocycles. The first-order valence-corrected chi connectivity index (χ1v) is 10.0. The van der Waals surface area contributed by atoms with Crippen molar-refractivity contribution in [3.63, 3.8) is 0 Å². The monoisotopic (exact) mass is 364 g/mol. The molecule has 4 nitrogen and oxygen atoms in total. The van der Waals surface area contributed by atoms with E-state index in [1.165, 1.54) is 5.56 Å². The summed E-state index contributed by atoms with van der Waals surface area (Å²) in [7, 11) is 0. The summed E-state index contributed by atoms with van der Waals surface area (Å²) in [5.74, 6) is 0.144. The van der Waals surface area contributed by atoms with Gasteiger partial charge >= 0.3 is 0 Å². The number of benzene rings is 2. The van der Waals surface area contributed by atoms with Gasteiger partial charge in [-0.25, -0.2) is 0 Å². The van der Waals surface area contributed by atoms with Crippen LogP contribution in [0.5, 0.6) is 0 Å². The molecule has 142 valence electrons. The molecule has 1 spiro atoms. The Morgan fingerprint density at radius 2 is 1.52 bits per heavy atom. The highest BCUT2D eigenvalue weighted by molar-refractivity contribution is 6.01. The maximum atomic E-state index is 13.2. The molecule has 27 heavy (non-hydrogen) atoms. The summed E-state index contributed by atoms with van der Waals surface area (Å²) in [5.41, 5.74) is 1.73. The van der Waals surface area contributed by atoms with E-state index in [0.29, 0.717) is 6.61 Å². The van der Waals surface area contributed by atoms with Crippen LogP contribution in [0.4, 0.5) is 5.69 Å². The first-order chi connectivity index (χ1) is 13.3. The Morgan fingerprint density at radius 1 is 0.852 bits per heavy atom. The number of anilines is 1. The minimum Gasteiger partial charge on any atom is -0.364 e. The van der Waals surface area contributed by atoms with Gasteiger partial charge in [-0.3, -0.25) is 9.69 Å².